The van der Waals surface area contributed by atoms with Gasteiger partial charge in [-0.2, -0.15) is 4.98 Å². The molecule has 1 N–H and O–H groups in total. The molecule has 0 radical (unpaired) electrons. The van der Waals surface area contributed by atoms with Crippen molar-refractivity contribution in [2.75, 3.05) is 56.3 Å². The van der Waals surface area contributed by atoms with E-state index in [0.29, 0.717) is 43.6 Å². The highest BCUT2D eigenvalue weighted by molar-refractivity contribution is 5.82. The van der Waals surface area contributed by atoms with Crippen LogP contribution in [0.25, 0.3) is 0 Å². The molecule has 3 heterocycles. The van der Waals surface area contributed by atoms with Crippen LogP contribution in [0.15, 0.2) is 6.20 Å². The molecule has 0 spiro atoms. The third-order valence-corrected chi connectivity index (χ3v) is 5.37. The van der Waals surface area contributed by atoms with Gasteiger partial charge in [0.2, 0.25) is 5.95 Å². The fraction of sp³-hybridized carbons (Fsp3) is 0.737. The summed E-state index contributed by atoms with van der Waals surface area (Å²) < 4.78 is 11.3. The van der Waals surface area contributed by atoms with Crippen LogP contribution < -0.4 is 9.80 Å². The van der Waals surface area contributed by atoms with Crippen molar-refractivity contribution < 1.29 is 19.4 Å². The van der Waals surface area contributed by atoms with Gasteiger partial charge in [0, 0.05) is 45.0 Å². The highest BCUT2D eigenvalue weighted by Crippen LogP contribution is 2.32. The van der Waals surface area contributed by atoms with Crippen LogP contribution in [0.3, 0.4) is 0 Å². The van der Waals surface area contributed by atoms with E-state index in [1.54, 1.807) is 20.0 Å². The fourth-order valence-electron chi connectivity index (χ4n) is 3.46. The lowest BCUT2D eigenvalue weighted by Crippen LogP contribution is -2.40. The zero-order chi connectivity index (χ0) is 19.4. The van der Waals surface area contributed by atoms with E-state index in [4.69, 9.17) is 14.5 Å². The number of carboxylic acids is 1. The Bertz CT molecular complexity index is 655. The van der Waals surface area contributed by atoms with Crippen LogP contribution in [0.1, 0.15) is 38.7 Å². The van der Waals surface area contributed by atoms with E-state index in [1.165, 1.54) is 6.42 Å². The minimum atomic E-state index is -1.07. The number of morpholine rings is 1. The van der Waals surface area contributed by atoms with Gasteiger partial charge in [-0.25, -0.2) is 4.98 Å². The molecule has 0 saturated carbocycles. The van der Waals surface area contributed by atoms with Crippen molar-refractivity contribution in [3.63, 3.8) is 0 Å². The standard InChI is InChI=1S/C19H30N4O4/c1-19(2,17(24)25)15-12-20-18(21-16(15)23-7-10-26-11-8-23)22(3)13-14-6-4-5-9-27-14/h12,14H,4-11,13H2,1-3H3,(H,24,25). The number of aromatic nitrogens is 2. The molecule has 1 aromatic heterocycles. The quantitative estimate of drug-likeness (QED) is 0.800. The number of ether oxygens (including phenoxy) is 2. The monoisotopic (exact) mass is 378 g/mol. The topological polar surface area (TPSA) is 88.0 Å². The molecule has 3 rings (SSSR count). The number of nitrogens with zero attached hydrogens (tertiary/aromatic N) is 4. The Labute approximate surface area is 160 Å². The zero-order valence-electron chi connectivity index (χ0n) is 16.5. The average Bonchev–Trinajstić information content (AvgIpc) is 2.68. The molecule has 0 amide bonds. The van der Waals surface area contributed by atoms with Crippen LogP contribution in [0, 0.1) is 0 Å². The van der Waals surface area contributed by atoms with Gasteiger partial charge in [-0.05, 0) is 33.1 Å². The minimum absolute atomic E-state index is 0.189. The number of anilines is 2. The molecule has 2 saturated heterocycles. The Morgan fingerprint density at radius 3 is 2.70 bits per heavy atom. The van der Waals surface area contributed by atoms with Crippen molar-refractivity contribution in [2.24, 2.45) is 0 Å². The van der Waals surface area contributed by atoms with E-state index >= 15 is 0 Å². The van der Waals surface area contributed by atoms with Crippen LogP contribution in [0.4, 0.5) is 11.8 Å². The highest BCUT2D eigenvalue weighted by Gasteiger charge is 2.35. The summed E-state index contributed by atoms with van der Waals surface area (Å²) in [5, 5.41) is 9.69. The summed E-state index contributed by atoms with van der Waals surface area (Å²) in [5.74, 6) is 0.389. The first kappa shape index (κ1) is 19.8. The van der Waals surface area contributed by atoms with Gasteiger partial charge in [-0.15, -0.1) is 0 Å². The van der Waals surface area contributed by atoms with Crippen molar-refractivity contribution >= 4 is 17.7 Å². The number of aliphatic carboxylic acids is 1. The lowest BCUT2D eigenvalue weighted by atomic mass is 9.85. The summed E-state index contributed by atoms with van der Waals surface area (Å²) in [5.41, 5.74) is -0.444. The maximum Gasteiger partial charge on any atom is 0.313 e. The Morgan fingerprint density at radius 1 is 1.33 bits per heavy atom. The highest BCUT2D eigenvalue weighted by atomic mass is 16.5. The third kappa shape index (κ3) is 4.50. The van der Waals surface area contributed by atoms with Crippen LogP contribution >= 0.6 is 0 Å². The van der Waals surface area contributed by atoms with Gasteiger partial charge in [0.25, 0.3) is 0 Å². The van der Waals surface area contributed by atoms with Gasteiger partial charge in [-0.3, -0.25) is 4.79 Å². The van der Waals surface area contributed by atoms with Crippen molar-refractivity contribution in [3.8, 4) is 0 Å². The second-order valence-corrected chi connectivity index (χ2v) is 7.81. The van der Waals surface area contributed by atoms with E-state index in [2.05, 4.69) is 9.88 Å². The summed E-state index contributed by atoms with van der Waals surface area (Å²) in [6.07, 6.45) is 5.21. The fourth-order valence-corrected chi connectivity index (χ4v) is 3.46. The maximum absolute atomic E-state index is 11.8. The van der Waals surface area contributed by atoms with Crippen molar-refractivity contribution in [1.82, 2.24) is 9.97 Å². The molecule has 27 heavy (non-hydrogen) atoms. The second-order valence-electron chi connectivity index (χ2n) is 7.81. The molecule has 0 bridgehead atoms. The van der Waals surface area contributed by atoms with Crippen LogP contribution in [-0.2, 0) is 19.7 Å². The number of likely N-dealkylation sites (N-methyl/N-ethyl adjacent to an activating group) is 1. The van der Waals surface area contributed by atoms with Crippen molar-refractivity contribution in [1.29, 1.82) is 0 Å². The summed E-state index contributed by atoms with van der Waals surface area (Å²) >= 11 is 0. The van der Waals surface area contributed by atoms with Gasteiger partial charge in [-0.1, -0.05) is 0 Å². The summed E-state index contributed by atoms with van der Waals surface area (Å²) in [6.45, 7) is 7.52. The molecule has 2 fully saturated rings. The Kier molecular flexibility index (Phi) is 6.16. The van der Waals surface area contributed by atoms with Gasteiger partial charge in [0.1, 0.15) is 5.82 Å². The van der Waals surface area contributed by atoms with Gasteiger partial charge >= 0.3 is 5.97 Å². The van der Waals surface area contributed by atoms with Gasteiger partial charge in [0.15, 0.2) is 0 Å². The van der Waals surface area contributed by atoms with E-state index < -0.39 is 11.4 Å². The number of hydrogen-bond donors (Lipinski definition) is 1. The third-order valence-electron chi connectivity index (χ3n) is 5.37. The van der Waals surface area contributed by atoms with Gasteiger partial charge in [0.05, 0.1) is 24.7 Å². The molecule has 1 atom stereocenters. The smallest absolute Gasteiger partial charge is 0.313 e. The lowest BCUT2D eigenvalue weighted by Gasteiger charge is -2.33. The number of carboxylic acid groups (broad SMARTS) is 1. The van der Waals surface area contributed by atoms with Crippen LogP contribution in [0.5, 0.6) is 0 Å². The summed E-state index contributed by atoms with van der Waals surface area (Å²) in [4.78, 5) is 25.2. The molecule has 0 aromatic carbocycles. The predicted molar refractivity (Wildman–Crippen MR) is 103 cm³/mol. The maximum atomic E-state index is 11.8. The molecule has 2 aliphatic rings. The largest absolute Gasteiger partial charge is 0.481 e. The Balaban J connectivity index is 1.88. The molecule has 150 valence electrons. The minimum Gasteiger partial charge on any atom is -0.481 e. The predicted octanol–water partition coefficient (Wildman–Crippen LogP) is 1.68. The van der Waals surface area contributed by atoms with Gasteiger partial charge < -0.3 is 24.4 Å². The molecule has 1 aromatic rings. The zero-order valence-corrected chi connectivity index (χ0v) is 16.5. The molecular formula is C19H30N4O4. The molecule has 2 aliphatic heterocycles. The molecule has 1 unspecified atom stereocenters. The first-order valence-electron chi connectivity index (χ1n) is 9.66. The first-order chi connectivity index (χ1) is 12.9. The van der Waals surface area contributed by atoms with Crippen molar-refractivity contribution in [3.05, 3.63) is 11.8 Å². The number of carbonyl (C=O) groups is 1. The Morgan fingerprint density at radius 2 is 2.07 bits per heavy atom. The van der Waals surface area contributed by atoms with E-state index in [1.807, 2.05) is 11.9 Å². The number of rotatable bonds is 6. The van der Waals surface area contributed by atoms with E-state index in [0.717, 1.165) is 26.0 Å². The van der Waals surface area contributed by atoms with Crippen LogP contribution in [0.2, 0.25) is 0 Å². The normalized spacial score (nSPS) is 21.1. The number of hydrogen-bond acceptors (Lipinski definition) is 7. The average molecular weight is 378 g/mol. The van der Waals surface area contributed by atoms with E-state index in [-0.39, 0.29) is 6.10 Å². The second kappa shape index (κ2) is 8.39. The summed E-state index contributed by atoms with van der Waals surface area (Å²) in [6, 6.07) is 0. The molecule has 0 aliphatic carbocycles. The molecular weight excluding hydrogens is 348 g/mol. The lowest BCUT2D eigenvalue weighted by molar-refractivity contribution is -0.142. The van der Waals surface area contributed by atoms with Crippen LogP contribution in [-0.4, -0.2) is 73.7 Å². The van der Waals surface area contributed by atoms with Crippen molar-refractivity contribution in [2.45, 2.75) is 44.6 Å². The molecule has 8 heteroatoms. The van der Waals surface area contributed by atoms with E-state index in [9.17, 15) is 9.90 Å². The SMILES string of the molecule is CN(CC1CCCCO1)c1ncc(C(C)(C)C(=O)O)c(N2CCOCC2)n1. The Hall–Kier alpha value is -1.93. The summed E-state index contributed by atoms with van der Waals surface area (Å²) in [7, 11) is 1.96. The molecule has 8 nitrogen and oxygen atoms in total. The first-order valence-corrected chi connectivity index (χ1v) is 9.66.